The SMILES string of the molecule is CCNC(=NCc1cn2ccsc2n1)N1CCN(c2ccc(OC)cc2)CC1. The van der Waals surface area contributed by atoms with E-state index in [1.165, 1.54) is 5.69 Å². The monoisotopic (exact) mass is 398 g/mol. The number of methoxy groups -OCH3 is 1. The van der Waals surface area contributed by atoms with Crippen LogP contribution in [-0.4, -0.2) is 60.1 Å². The molecule has 28 heavy (non-hydrogen) atoms. The largest absolute Gasteiger partial charge is 0.497 e. The number of ether oxygens (including phenoxy) is 1. The quantitative estimate of drug-likeness (QED) is 0.529. The van der Waals surface area contributed by atoms with Crippen molar-refractivity contribution < 1.29 is 4.74 Å². The van der Waals surface area contributed by atoms with Gasteiger partial charge in [0.25, 0.3) is 0 Å². The predicted octanol–water partition coefficient (Wildman–Crippen LogP) is 2.69. The number of hydrogen-bond acceptors (Lipinski definition) is 5. The Balaban J connectivity index is 1.38. The lowest BCUT2D eigenvalue weighted by Crippen LogP contribution is -2.52. The van der Waals surface area contributed by atoms with E-state index in [9.17, 15) is 0 Å². The second-order valence-corrected chi connectivity index (χ2v) is 7.54. The van der Waals surface area contributed by atoms with E-state index in [0.29, 0.717) is 6.54 Å². The zero-order chi connectivity index (χ0) is 19.3. The van der Waals surface area contributed by atoms with Crippen LogP contribution in [-0.2, 0) is 6.54 Å². The van der Waals surface area contributed by atoms with Gasteiger partial charge in [0.1, 0.15) is 5.75 Å². The molecule has 2 aromatic heterocycles. The average Bonchev–Trinajstić information content (AvgIpc) is 3.33. The number of hydrogen-bond donors (Lipinski definition) is 1. The number of nitrogens with one attached hydrogen (secondary N) is 1. The van der Waals surface area contributed by atoms with Crippen molar-refractivity contribution >= 4 is 27.9 Å². The van der Waals surface area contributed by atoms with Gasteiger partial charge >= 0.3 is 0 Å². The third-order valence-corrected chi connectivity index (χ3v) is 5.66. The number of piperazine rings is 1. The molecular formula is C20H26N6OS. The van der Waals surface area contributed by atoms with Crippen LogP contribution in [0.5, 0.6) is 5.75 Å². The van der Waals surface area contributed by atoms with Crippen LogP contribution in [0.2, 0.25) is 0 Å². The first-order chi connectivity index (χ1) is 13.8. The van der Waals surface area contributed by atoms with E-state index >= 15 is 0 Å². The minimum absolute atomic E-state index is 0.593. The van der Waals surface area contributed by atoms with E-state index in [0.717, 1.165) is 55.1 Å². The molecule has 1 saturated heterocycles. The molecule has 1 aliphatic rings. The molecule has 0 amide bonds. The minimum Gasteiger partial charge on any atom is -0.497 e. The van der Waals surface area contributed by atoms with Gasteiger partial charge in [-0.2, -0.15) is 0 Å². The van der Waals surface area contributed by atoms with Gasteiger partial charge < -0.3 is 19.9 Å². The van der Waals surface area contributed by atoms with Crippen LogP contribution < -0.4 is 15.0 Å². The first kappa shape index (κ1) is 18.6. The Labute approximate surface area is 169 Å². The zero-order valence-electron chi connectivity index (χ0n) is 16.3. The normalized spacial score (nSPS) is 15.3. The Morgan fingerprint density at radius 3 is 2.68 bits per heavy atom. The molecule has 0 spiro atoms. The van der Waals surface area contributed by atoms with Crippen LogP contribution in [0.4, 0.5) is 5.69 Å². The second-order valence-electron chi connectivity index (χ2n) is 6.67. The molecule has 1 aromatic carbocycles. The number of nitrogens with zero attached hydrogens (tertiary/aromatic N) is 5. The number of imidazole rings is 1. The van der Waals surface area contributed by atoms with Crippen molar-refractivity contribution in [1.29, 1.82) is 0 Å². The molecule has 1 fully saturated rings. The summed E-state index contributed by atoms with van der Waals surface area (Å²) in [5, 5.41) is 5.47. The van der Waals surface area contributed by atoms with Gasteiger partial charge in [0.05, 0.1) is 19.3 Å². The molecule has 0 unspecified atom stereocenters. The summed E-state index contributed by atoms with van der Waals surface area (Å²) >= 11 is 1.65. The van der Waals surface area contributed by atoms with Gasteiger partial charge in [-0.15, -0.1) is 11.3 Å². The fourth-order valence-electron chi connectivity index (χ4n) is 3.40. The summed E-state index contributed by atoms with van der Waals surface area (Å²) in [4.78, 5) is 15.2. The van der Waals surface area contributed by atoms with Gasteiger partial charge in [-0.1, -0.05) is 0 Å². The lowest BCUT2D eigenvalue weighted by Gasteiger charge is -2.37. The first-order valence-electron chi connectivity index (χ1n) is 9.60. The van der Waals surface area contributed by atoms with Crippen LogP contribution in [0.15, 0.2) is 47.0 Å². The summed E-state index contributed by atoms with van der Waals surface area (Å²) < 4.78 is 7.30. The van der Waals surface area contributed by atoms with Crippen molar-refractivity contribution in [2.24, 2.45) is 4.99 Å². The highest BCUT2D eigenvalue weighted by molar-refractivity contribution is 7.15. The summed E-state index contributed by atoms with van der Waals surface area (Å²) in [7, 11) is 1.70. The fourth-order valence-corrected chi connectivity index (χ4v) is 4.12. The van der Waals surface area contributed by atoms with Gasteiger partial charge in [0.2, 0.25) is 0 Å². The Morgan fingerprint density at radius 2 is 2.00 bits per heavy atom. The highest BCUT2D eigenvalue weighted by Gasteiger charge is 2.20. The standard InChI is InChI=1S/C20H26N6OS/c1-3-21-19(22-14-16-15-26-12-13-28-20(26)23-16)25-10-8-24(9-11-25)17-4-6-18(27-2)7-5-17/h4-7,12-13,15H,3,8-11,14H2,1-2H3,(H,21,22). The van der Waals surface area contributed by atoms with Crippen LogP contribution in [0.1, 0.15) is 12.6 Å². The van der Waals surface area contributed by atoms with Crippen molar-refractivity contribution in [3.05, 3.63) is 47.7 Å². The number of anilines is 1. The highest BCUT2D eigenvalue weighted by Crippen LogP contribution is 2.20. The zero-order valence-corrected chi connectivity index (χ0v) is 17.2. The van der Waals surface area contributed by atoms with Gasteiger partial charge in [0.15, 0.2) is 10.9 Å². The van der Waals surface area contributed by atoms with Gasteiger partial charge in [-0.25, -0.2) is 9.98 Å². The topological polar surface area (TPSA) is 57.4 Å². The number of rotatable bonds is 5. The van der Waals surface area contributed by atoms with E-state index in [-0.39, 0.29) is 0 Å². The molecule has 0 bridgehead atoms. The van der Waals surface area contributed by atoms with E-state index < -0.39 is 0 Å². The number of aromatic nitrogens is 2. The van der Waals surface area contributed by atoms with E-state index in [1.54, 1.807) is 18.4 Å². The Kier molecular flexibility index (Phi) is 5.66. The highest BCUT2D eigenvalue weighted by atomic mass is 32.1. The second kappa shape index (κ2) is 8.52. The molecule has 148 valence electrons. The van der Waals surface area contributed by atoms with Crippen molar-refractivity contribution in [3.63, 3.8) is 0 Å². The minimum atomic E-state index is 0.593. The summed E-state index contributed by atoms with van der Waals surface area (Å²) in [5.74, 6) is 1.86. The van der Waals surface area contributed by atoms with Crippen molar-refractivity contribution in [1.82, 2.24) is 19.6 Å². The third kappa shape index (κ3) is 4.06. The number of thiazole rings is 1. The molecule has 3 heterocycles. The third-order valence-electron chi connectivity index (χ3n) is 4.89. The lowest BCUT2D eigenvalue weighted by molar-refractivity contribution is 0.372. The van der Waals surface area contributed by atoms with Gasteiger partial charge in [0, 0.05) is 56.2 Å². The molecule has 7 nitrogen and oxygen atoms in total. The molecule has 4 rings (SSSR count). The number of benzene rings is 1. The van der Waals surface area contributed by atoms with Crippen molar-refractivity contribution in [2.45, 2.75) is 13.5 Å². The molecule has 0 saturated carbocycles. The molecule has 1 aliphatic heterocycles. The maximum absolute atomic E-state index is 5.25. The van der Waals surface area contributed by atoms with Gasteiger partial charge in [-0.3, -0.25) is 4.40 Å². The van der Waals surface area contributed by atoms with E-state index in [2.05, 4.69) is 49.8 Å². The molecule has 0 atom stereocenters. The molecule has 1 N–H and O–H groups in total. The van der Waals surface area contributed by atoms with Crippen LogP contribution in [0, 0.1) is 0 Å². The summed E-state index contributed by atoms with van der Waals surface area (Å²) in [6, 6.07) is 8.28. The lowest BCUT2D eigenvalue weighted by atomic mass is 10.2. The van der Waals surface area contributed by atoms with Crippen LogP contribution >= 0.6 is 11.3 Å². The average molecular weight is 399 g/mol. The molecule has 8 heteroatoms. The fraction of sp³-hybridized carbons (Fsp3) is 0.400. The van der Waals surface area contributed by atoms with Crippen LogP contribution in [0.3, 0.4) is 0 Å². The Hall–Kier alpha value is -2.74. The summed E-state index contributed by atoms with van der Waals surface area (Å²) in [5.41, 5.74) is 2.24. The maximum atomic E-state index is 5.25. The van der Waals surface area contributed by atoms with Crippen LogP contribution in [0.25, 0.3) is 4.96 Å². The Bertz CT molecular complexity index is 895. The molecule has 3 aromatic rings. The molecular weight excluding hydrogens is 372 g/mol. The molecule has 0 radical (unpaired) electrons. The van der Waals surface area contributed by atoms with E-state index in [1.807, 2.05) is 23.7 Å². The predicted molar refractivity (Wildman–Crippen MR) is 115 cm³/mol. The summed E-state index contributed by atoms with van der Waals surface area (Å²) in [6.45, 7) is 7.38. The number of guanidine groups is 1. The number of fused-ring (bicyclic) bond motifs is 1. The van der Waals surface area contributed by atoms with Crippen molar-refractivity contribution in [2.75, 3.05) is 44.7 Å². The summed E-state index contributed by atoms with van der Waals surface area (Å²) in [6.07, 6.45) is 4.09. The number of aliphatic imine (C=N–C) groups is 1. The first-order valence-corrected chi connectivity index (χ1v) is 10.5. The Morgan fingerprint density at radius 1 is 1.21 bits per heavy atom. The van der Waals surface area contributed by atoms with Crippen molar-refractivity contribution in [3.8, 4) is 5.75 Å². The molecule has 0 aliphatic carbocycles. The van der Waals surface area contributed by atoms with E-state index in [4.69, 9.17) is 9.73 Å². The van der Waals surface area contributed by atoms with Gasteiger partial charge in [-0.05, 0) is 31.2 Å². The smallest absolute Gasteiger partial charge is 0.194 e. The maximum Gasteiger partial charge on any atom is 0.194 e.